The molecule has 0 N–H and O–H groups in total. The lowest BCUT2D eigenvalue weighted by atomic mass is 10.1. The topological polar surface area (TPSA) is 21.1 Å². The molecule has 1 aliphatic rings. The van der Waals surface area contributed by atoms with Crippen molar-refractivity contribution >= 4 is 22.7 Å². The Balaban J connectivity index is 1.84. The summed E-state index contributed by atoms with van der Waals surface area (Å²) in [5.74, 6) is 0. The number of benzene rings is 2. The zero-order valence-corrected chi connectivity index (χ0v) is 15.4. The third-order valence-corrected chi connectivity index (χ3v) is 6.25. The van der Waals surface area contributed by atoms with Crippen molar-refractivity contribution in [3.8, 4) is 11.3 Å². The van der Waals surface area contributed by atoms with Crippen LogP contribution < -0.4 is 0 Å². The number of hydrogen-bond acceptors (Lipinski definition) is 3. The molecule has 0 bridgehead atoms. The van der Waals surface area contributed by atoms with E-state index < -0.39 is 0 Å². The molecule has 2 heterocycles. The van der Waals surface area contributed by atoms with Gasteiger partial charge >= 0.3 is 0 Å². The molecule has 4 rings (SSSR count). The minimum atomic E-state index is 0.938. The first kappa shape index (κ1) is 15.7. The molecule has 1 aliphatic heterocycles. The molecule has 0 atom stereocenters. The van der Waals surface area contributed by atoms with Crippen molar-refractivity contribution < 1.29 is 0 Å². The third kappa shape index (κ3) is 2.45. The number of rotatable bonds is 5. The third-order valence-electron chi connectivity index (χ3n) is 4.94. The number of aryl methyl sites for hydroxylation is 1. The molecule has 4 heteroatoms. The van der Waals surface area contributed by atoms with Gasteiger partial charge in [0.1, 0.15) is 5.69 Å². The fraction of sp³-hybridized carbons (Fsp3) is 0.350. The highest BCUT2D eigenvalue weighted by Crippen LogP contribution is 2.48. The van der Waals surface area contributed by atoms with Crippen molar-refractivity contribution in [3.05, 3.63) is 42.0 Å². The van der Waals surface area contributed by atoms with Gasteiger partial charge in [-0.1, -0.05) is 49.9 Å². The summed E-state index contributed by atoms with van der Waals surface area (Å²) in [7, 11) is 0. The largest absolute Gasteiger partial charge is 0.302 e. The van der Waals surface area contributed by atoms with Gasteiger partial charge in [0, 0.05) is 27.3 Å². The number of nitrogens with zero attached hydrogens (tertiary/aromatic N) is 3. The molecular weight excluding hydrogens is 314 g/mol. The van der Waals surface area contributed by atoms with Crippen LogP contribution in [0.15, 0.2) is 46.2 Å². The lowest BCUT2D eigenvalue weighted by Crippen LogP contribution is -2.27. The van der Waals surface area contributed by atoms with Gasteiger partial charge in [-0.3, -0.25) is 4.68 Å². The van der Waals surface area contributed by atoms with Gasteiger partial charge in [-0.25, -0.2) is 0 Å². The van der Waals surface area contributed by atoms with Crippen LogP contribution in [0, 0.1) is 6.92 Å². The predicted molar refractivity (Wildman–Crippen MR) is 102 cm³/mol. The van der Waals surface area contributed by atoms with Crippen molar-refractivity contribution in [1.82, 2.24) is 14.7 Å². The van der Waals surface area contributed by atoms with Crippen molar-refractivity contribution in [2.24, 2.45) is 0 Å². The Morgan fingerprint density at radius 3 is 2.67 bits per heavy atom. The standard InChI is InChI=1S/C20H23N3S/c1-4-22(5-2)12-13-23-16-11-10-14(3)20-18(16)19(21-23)15-8-6-7-9-17(15)24-20/h6-11H,4-5,12-13H2,1-3H3. The molecule has 3 aromatic rings. The number of likely N-dealkylation sites (N-methyl/N-ethyl adjacent to an activating group) is 1. The molecule has 0 saturated heterocycles. The first-order chi connectivity index (χ1) is 11.7. The molecule has 0 aliphatic carbocycles. The molecule has 0 amide bonds. The van der Waals surface area contributed by atoms with Crippen LogP contribution in [0.5, 0.6) is 0 Å². The van der Waals surface area contributed by atoms with E-state index in [4.69, 9.17) is 5.10 Å². The molecule has 0 fully saturated rings. The monoisotopic (exact) mass is 337 g/mol. The van der Waals surface area contributed by atoms with Gasteiger partial charge in [0.25, 0.3) is 0 Å². The Morgan fingerprint density at radius 2 is 1.88 bits per heavy atom. The number of aromatic nitrogens is 2. The van der Waals surface area contributed by atoms with Crippen LogP contribution in [0.4, 0.5) is 0 Å². The van der Waals surface area contributed by atoms with Crippen LogP contribution in [-0.2, 0) is 6.54 Å². The Morgan fingerprint density at radius 1 is 1.08 bits per heavy atom. The fourth-order valence-electron chi connectivity index (χ4n) is 3.47. The molecule has 2 aromatic carbocycles. The van der Waals surface area contributed by atoms with Crippen molar-refractivity contribution in [1.29, 1.82) is 0 Å². The maximum absolute atomic E-state index is 5.02. The highest BCUT2D eigenvalue weighted by Gasteiger charge is 2.24. The van der Waals surface area contributed by atoms with Gasteiger partial charge in [0.2, 0.25) is 0 Å². The van der Waals surface area contributed by atoms with Gasteiger partial charge in [-0.2, -0.15) is 5.10 Å². The van der Waals surface area contributed by atoms with E-state index in [0.29, 0.717) is 0 Å². The molecular formula is C20H23N3S. The summed E-state index contributed by atoms with van der Waals surface area (Å²) in [4.78, 5) is 5.13. The van der Waals surface area contributed by atoms with Crippen LogP contribution in [-0.4, -0.2) is 34.3 Å². The zero-order valence-electron chi connectivity index (χ0n) is 14.5. The molecule has 0 unspecified atom stereocenters. The van der Waals surface area contributed by atoms with Gasteiger partial charge in [-0.15, -0.1) is 0 Å². The van der Waals surface area contributed by atoms with Crippen molar-refractivity contribution in [2.45, 2.75) is 37.1 Å². The normalized spacial score (nSPS) is 12.8. The summed E-state index contributed by atoms with van der Waals surface area (Å²) in [5.41, 5.74) is 5.02. The molecule has 0 spiro atoms. The maximum atomic E-state index is 5.02. The van der Waals surface area contributed by atoms with Crippen LogP contribution in [0.25, 0.3) is 22.2 Å². The van der Waals surface area contributed by atoms with Crippen LogP contribution in [0.2, 0.25) is 0 Å². The maximum Gasteiger partial charge on any atom is 0.102 e. The summed E-state index contributed by atoms with van der Waals surface area (Å²) in [6, 6.07) is 13.1. The van der Waals surface area contributed by atoms with E-state index in [1.165, 1.54) is 31.8 Å². The van der Waals surface area contributed by atoms with Gasteiger partial charge < -0.3 is 4.90 Å². The number of fused-ring (bicyclic) bond motifs is 2. The van der Waals surface area contributed by atoms with Crippen LogP contribution >= 0.6 is 11.8 Å². The highest BCUT2D eigenvalue weighted by atomic mass is 32.2. The van der Waals surface area contributed by atoms with E-state index in [9.17, 15) is 0 Å². The van der Waals surface area contributed by atoms with Crippen molar-refractivity contribution in [2.75, 3.05) is 19.6 Å². The van der Waals surface area contributed by atoms with Crippen LogP contribution in [0.1, 0.15) is 19.4 Å². The predicted octanol–water partition coefficient (Wildman–Crippen LogP) is 4.82. The average molecular weight is 337 g/mol. The SMILES string of the molecule is CCN(CC)CCn1nc2c3c(c(C)ccc31)Sc1ccccc1-2. The van der Waals surface area contributed by atoms with Gasteiger partial charge in [0.05, 0.1) is 12.1 Å². The molecule has 124 valence electrons. The summed E-state index contributed by atoms with van der Waals surface area (Å²) < 4.78 is 2.20. The first-order valence-corrected chi connectivity index (χ1v) is 9.54. The Bertz CT molecular complexity index is 893. The summed E-state index contributed by atoms with van der Waals surface area (Å²) in [6.45, 7) is 10.8. The smallest absolute Gasteiger partial charge is 0.102 e. The van der Waals surface area contributed by atoms with Gasteiger partial charge in [0.15, 0.2) is 0 Å². The van der Waals surface area contributed by atoms with Crippen molar-refractivity contribution in [3.63, 3.8) is 0 Å². The van der Waals surface area contributed by atoms with E-state index in [1.807, 2.05) is 11.8 Å². The molecule has 3 nitrogen and oxygen atoms in total. The van der Waals surface area contributed by atoms with Gasteiger partial charge in [-0.05, 0) is 37.7 Å². The van der Waals surface area contributed by atoms with E-state index in [0.717, 1.165) is 31.9 Å². The average Bonchev–Trinajstić information content (AvgIpc) is 2.99. The Kier molecular flexibility index (Phi) is 4.10. The van der Waals surface area contributed by atoms with Crippen LogP contribution in [0.3, 0.4) is 0 Å². The first-order valence-electron chi connectivity index (χ1n) is 8.72. The lowest BCUT2D eigenvalue weighted by Gasteiger charge is -2.18. The summed E-state index contributed by atoms with van der Waals surface area (Å²) in [6.07, 6.45) is 0. The highest BCUT2D eigenvalue weighted by molar-refractivity contribution is 7.99. The Hall–Kier alpha value is -1.78. The fourth-order valence-corrected chi connectivity index (χ4v) is 4.65. The Labute approximate surface area is 147 Å². The van der Waals surface area contributed by atoms with E-state index in [-0.39, 0.29) is 0 Å². The minimum Gasteiger partial charge on any atom is -0.302 e. The minimum absolute atomic E-state index is 0.938. The molecule has 0 saturated carbocycles. The molecule has 0 radical (unpaired) electrons. The van der Waals surface area contributed by atoms with E-state index in [2.05, 4.69) is 66.8 Å². The lowest BCUT2D eigenvalue weighted by molar-refractivity contribution is 0.287. The quantitative estimate of drug-likeness (QED) is 0.521. The number of hydrogen-bond donors (Lipinski definition) is 0. The van der Waals surface area contributed by atoms with E-state index >= 15 is 0 Å². The molecule has 1 aromatic heterocycles. The van der Waals surface area contributed by atoms with E-state index in [1.54, 1.807) is 0 Å². The second-order valence-electron chi connectivity index (χ2n) is 6.30. The summed E-state index contributed by atoms with van der Waals surface area (Å²) in [5, 5.41) is 6.35. The second kappa shape index (κ2) is 6.26. The zero-order chi connectivity index (χ0) is 16.7. The molecule has 24 heavy (non-hydrogen) atoms. The summed E-state index contributed by atoms with van der Waals surface area (Å²) >= 11 is 1.88. The second-order valence-corrected chi connectivity index (χ2v) is 7.35.